The molecule has 0 radical (unpaired) electrons. The van der Waals surface area contributed by atoms with Crippen molar-refractivity contribution in [2.75, 3.05) is 0 Å². The smallest absolute Gasteiger partial charge is 0.0971 e. The lowest BCUT2D eigenvalue weighted by molar-refractivity contribution is 1.32. The predicted molar refractivity (Wildman–Crippen MR) is 136 cm³/mol. The normalized spacial score (nSPS) is 11.5. The highest BCUT2D eigenvalue weighted by Crippen LogP contribution is 2.40. The van der Waals surface area contributed by atoms with Crippen LogP contribution in [0.1, 0.15) is 0 Å². The summed E-state index contributed by atoms with van der Waals surface area (Å²) in [7, 11) is 0. The van der Waals surface area contributed by atoms with Crippen molar-refractivity contribution >= 4 is 43.6 Å². The minimum absolute atomic E-state index is 0.876. The van der Waals surface area contributed by atoms with Crippen LogP contribution in [0.25, 0.3) is 66.0 Å². The van der Waals surface area contributed by atoms with Crippen LogP contribution in [0.2, 0.25) is 0 Å². The van der Waals surface area contributed by atoms with Crippen LogP contribution in [0.4, 0.5) is 0 Å². The van der Waals surface area contributed by atoms with Crippen LogP contribution in [0.15, 0.2) is 104 Å². The first-order valence-corrected chi connectivity index (χ1v) is 11.1. The van der Waals surface area contributed by atoms with Gasteiger partial charge in [-0.3, -0.25) is 24.9 Å². The molecule has 0 amide bonds. The lowest BCUT2D eigenvalue weighted by atomic mass is 9.92. The third-order valence-corrected chi connectivity index (χ3v) is 6.27. The first-order chi connectivity index (χ1) is 16.9. The molecule has 0 saturated heterocycles. The zero-order valence-corrected chi connectivity index (χ0v) is 18.1. The van der Waals surface area contributed by atoms with Crippen molar-refractivity contribution in [3.8, 4) is 22.4 Å². The molecule has 5 nitrogen and oxygen atoms in total. The summed E-state index contributed by atoms with van der Waals surface area (Å²) in [6.45, 7) is 0. The molecule has 0 aliphatic heterocycles. The van der Waals surface area contributed by atoms with Gasteiger partial charge in [-0.1, -0.05) is 30.3 Å². The van der Waals surface area contributed by atoms with E-state index in [1.54, 1.807) is 0 Å². The Bertz CT molecular complexity index is 1740. The van der Waals surface area contributed by atoms with Gasteiger partial charge in [0.25, 0.3) is 0 Å². The molecule has 0 atom stereocenters. The molecule has 7 rings (SSSR count). The Morgan fingerprint density at radius 3 is 1.50 bits per heavy atom. The van der Waals surface area contributed by atoms with Crippen molar-refractivity contribution in [1.82, 2.24) is 24.9 Å². The summed E-state index contributed by atoms with van der Waals surface area (Å²) in [6.07, 6.45) is 9.10. The summed E-state index contributed by atoms with van der Waals surface area (Å²) in [5.41, 5.74) is 7.61. The zero-order valence-electron chi connectivity index (χ0n) is 18.1. The van der Waals surface area contributed by atoms with Gasteiger partial charge in [-0.05, 0) is 48.0 Å². The molecule has 0 saturated carbocycles. The topological polar surface area (TPSA) is 64.5 Å². The van der Waals surface area contributed by atoms with E-state index in [2.05, 4.69) is 62.4 Å². The standard InChI is InChI=1S/C29H17N5/c1-6-18-16-23(21-9-4-14-33-28(21)25(18)30-11-1)20-8-3-13-32-27(20)24-17-19-7-2-12-31-26(19)29-22(24)10-5-15-34-29/h1-17H. The summed E-state index contributed by atoms with van der Waals surface area (Å²) < 4.78 is 0. The molecule has 0 spiro atoms. The molecule has 0 unspecified atom stereocenters. The van der Waals surface area contributed by atoms with Gasteiger partial charge in [-0.25, -0.2) is 0 Å². The van der Waals surface area contributed by atoms with Crippen LogP contribution >= 0.6 is 0 Å². The Labute approximate surface area is 194 Å². The van der Waals surface area contributed by atoms with Gasteiger partial charge in [0.05, 0.1) is 27.8 Å². The van der Waals surface area contributed by atoms with Gasteiger partial charge in [0.15, 0.2) is 0 Å². The average Bonchev–Trinajstić information content (AvgIpc) is 2.92. The molecule has 0 bridgehead atoms. The summed E-state index contributed by atoms with van der Waals surface area (Å²) in [5.74, 6) is 0. The zero-order chi connectivity index (χ0) is 22.5. The van der Waals surface area contributed by atoms with Crippen molar-refractivity contribution in [3.63, 3.8) is 0 Å². The monoisotopic (exact) mass is 435 g/mol. The van der Waals surface area contributed by atoms with E-state index in [-0.39, 0.29) is 0 Å². The lowest BCUT2D eigenvalue weighted by Gasteiger charge is -2.15. The number of hydrogen-bond acceptors (Lipinski definition) is 5. The molecule has 0 fully saturated rings. The molecule has 7 aromatic rings. The third-order valence-electron chi connectivity index (χ3n) is 6.27. The van der Waals surface area contributed by atoms with Crippen molar-refractivity contribution in [3.05, 3.63) is 104 Å². The quantitative estimate of drug-likeness (QED) is 0.286. The number of nitrogens with zero attached hydrogens (tertiary/aromatic N) is 5. The summed E-state index contributed by atoms with van der Waals surface area (Å²) >= 11 is 0. The second-order valence-corrected chi connectivity index (χ2v) is 8.20. The summed E-state index contributed by atoms with van der Waals surface area (Å²) in [6, 6.07) is 24.7. The van der Waals surface area contributed by atoms with E-state index >= 15 is 0 Å². The van der Waals surface area contributed by atoms with Gasteiger partial charge in [0, 0.05) is 63.7 Å². The number of fused-ring (bicyclic) bond motifs is 6. The molecular formula is C29H17N5. The van der Waals surface area contributed by atoms with Crippen LogP contribution in [-0.4, -0.2) is 24.9 Å². The molecule has 0 aliphatic rings. The van der Waals surface area contributed by atoms with Gasteiger partial charge in [0.1, 0.15) is 0 Å². The first-order valence-electron chi connectivity index (χ1n) is 11.1. The number of rotatable bonds is 2. The van der Waals surface area contributed by atoms with Crippen LogP contribution < -0.4 is 0 Å². The maximum absolute atomic E-state index is 4.88. The highest BCUT2D eigenvalue weighted by molar-refractivity contribution is 6.14. The minimum atomic E-state index is 0.876. The minimum Gasteiger partial charge on any atom is -0.256 e. The highest BCUT2D eigenvalue weighted by atomic mass is 14.7. The van der Waals surface area contributed by atoms with Gasteiger partial charge in [-0.15, -0.1) is 0 Å². The lowest BCUT2D eigenvalue weighted by Crippen LogP contribution is -1.95. The highest BCUT2D eigenvalue weighted by Gasteiger charge is 2.18. The van der Waals surface area contributed by atoms with E-state index < -0.39 is 0 Å². The van der Waals surface area contributed by atoms with Crippen molar-refractivity contribution in [2.45, 2.75) is 0 Å². The fraction of sp³-hybridized carbons (Fsp3) is 0. The molecular weight excluding hydrogens is 418 g/mol. The molecule has 2 aromatic carbocycles. The third kappa shape index (κ3) is 2.77. The van der Waals surface area contributed by atoms with E-state index in [4.69, 9.17) is 4.98 Å². The first kappa shape index (κ1) is 18.8. The number of benzene rings is 2. The Kier molecular flexibility index (Phi) is 4.08. The van der Waals surface area contributed by atoms with E-state index in [0.717, 1.165) is 66.0 Å². The van der Waals surface area contributed by atoms with Gasteiger partial charge in [-0.2, -0.15) is 0 Å². The van der Waals surface area contributed by atoms with Crippen molar-refractivity contribution in [1.29, 1.82) is 0 Å². The summed E-state index contributed by atoms with van der Waals surface area (Å²) in [4.78, 5) is 23.5. The second kappa shape index (κ2) is 7.39. The largest absolute Gasteiger partial charge is 0.256 e. The van der Waals surface area contributed by atoms with Crippen LogP contribution in [-0.2, 0) is 0 Å². The van der Waals surface area contributed by atoms with E-state index in [1.165, 1.54) is 0 Å². The fourth-order valence-corrected chi connectivity index (χ4v) is 4.81. The Balaban J connectivity index is 1.60. The maximum atomic E-state index is 4.88. The van der Waals surface area contributed by atoms with Gasteiger partial charge in [0.2, 0.25) is 0 Å². The average molecular weight is 435 g/mol. The van der Waals surface area contributed by atoms with E-state index in [0.29, 0.717) is 0 Å². The second-order valence-electron chi connectivity index (χ2n) is 8.20. The molecule has 0 N–H and O–H groups in total. The number of aromatic nitrogens is 5. The SMILES string of the molecule is c1cnc(-c2cc3cccnc3c3ncccc23)c(-c2cc3cccnc3c3ncccc23)c1. The van der Waals surface area contributed by atoms with Gasteiger partial charge >= 0.3 is 0 Å². The number of pyridine rings is 5. The molecule has 34 heavy (non-hydrogen) atoms. The van der Waals surface area contributed by atoms with E-state index in [9.17, 15) is 0 Å². The Morgan fingerprint density at radius 2 is 0.853 bits per heavy atom. The van der Waals surface area contributed by atoms with Crippen LogP contribution in [0.3, 0.4) is 0 Å². The maximum Gasteiger partial charge on any atom is 0.0971 e. The Morgan fingerprint density at radius 1 is 0.382 bits per heavy atom. The van der Waals surface area contributed by atoms with Crippen molar-refractivity contribution < 1.29 is 0 Å². The molecule has 0 aliphatic carbocycles. The molecule has 5 heterocycles. The fourth-order valence-electron chi connectivity index (χ4n) is 4.81. The predicted octanol–water partition coefficient (Wildman–Crippen LogP) is 6.61. The molecule has 158 valence electrons. The number of hydrogen-bond donors (Lipinski definition) is 0. The summed E-state index contributed by atoms with van der Waals surface area (Å²) in [5, 5.41) is 4.16. The van der Waals surface area contributed by atoms with Crippen molar-refractivity contribution in [2.24, 2.45) is 0 Å². The molecule has 5 heteroatoms. The van der Waals surface area contributed by atoms with E-state index in [1.807, 2.05) is 61.3 Å². The Hall–Kier alpha value is -4.77. The molecule has 5 aromatic heterocycles. The van der Waals surface area contributed by atoms with Crippen LogP contribution in [0.5, 0.6) is 0 Å². The van der Waals surface area contributed by atoms with Crippen LogP contribution in [0, 0.1) is 0 Å². The van der Waals surface area contributed by atoms with Gasteiger partial charge < -0.3 is 0 Å².